The number of benzene rings is 1. The topological polar surface area (TPSA) is 64.3 Å². The van der Waals surface area contributed by atoms with Gasteiger partial charge in [-0.25, -0.2) is 0 Å². The van der Waals surface area contributed by atoms with E-state index in [0.717, 1.165) is 36.3 Å². The molecule has 1 atom stereocenters. The lowest BCUT2D eigenvalue weighted by Gasteiger charge is -2.26. The molecule has 4 heteroatoms. The highest BCUT2D eigenvalue weighted by Crippen LogP contribution is 2.43. The molecular formula is C17H26N2O2. The fourth-order valence-corrected chi connectivity index (χ4v) is 3.16. The van der Waals surface area contributed by atoms with Crippen LogP contribution in [0.25, 0.3) is 0 Å². The minimum absolute atomic E-state index is 0.0883. The lowest BCUT2D eigenvalue weighted by molar-refractivity contribution is -0.122. The van der Waals surface area contributed by atoms with E-state index in [9.17, 15) is 4.79 Å². The molecule has 2 rings (SSSR count). The van der Waals surface area contributed by atoms with Gasteiger partial charge in [-0.1, -0.05) is 20.3 Å². The number of anilines is 1. The number of carbonyl (C=O) groups excluding carboxylic acids is 1. The van der Waals surface area contributed by atoms with Crippen LogP contribution in [0.2, 0.25) is 0 Å². The molecule has 3 N–H and O–H groups in total. The van der Waals surface area contributed by atoms with Gasteiger partial charge in [0.2, 0.25) is 5.91 Å². The highest BCUT2D eigenvalue weighted by molar-refractivity contribution is 5.93. The van der Waals surface area contributed by atoms with Crippen molar-refractivity contribution in [1.82, 2.24) is 0 Å². The SMILES string of the molecule is CCOc1ccc(NC(=O)C2CCCC2(C)C)cc1CN. The summed E-state index contributed by atoms with van der Waals surface area (Å²) in [5.74, 6) is 0.995. The molecule has 1 aromatic rings. The van der Waals surface area contributed by atoms with Crippen LogP contribution in [0.1, 0.15) is 45.6 Å². The van der Waals surface area contributed by atoms with E-state index >= 15 is 0 Å². The largest absolute Gasteiger partial charge is 0.494 e. The van der Waals surface area contributed by atoms with E-state index in [-0.39, 0.29) is 17.2 Å². The van der Waals surface area contributed by atoms with E-state index in [1.165, 1.54) is 0 Å². The third-order valence-corrected chi connectivity index (χ3v) is 4.42. The van der Waals surface area contributed by atoms with Gasteiger partial charge in [0.15, 0.2) is 0 Å². The molecule has 21 heavy (non-hydrogen) atoms. The first-order chi connectivity index (χ1) is 9.97. The molecule has 1 fully saturated rings. The van der Waals surface area contributed by atoms with Crippen LogP contribution in [0.4, 0.5) is 5.69 Å². The van der Waals surface area contributed by atoms with Crippen molar-refractivity contribution in [1.29, 1.82) is 0 Å². The highest BCUT2D eigenvalue weighted by Gasteiger charge is 2.39. The van der Waals surface area contributed by atoms with E-state index in [2.05, 4.69) is 19.2 Å². The Morgan fingerprint density at radius 2 is 2.24 bits per heavy atom. The molecule has 0 aromatic heterocycles. The number of hydrogen-bond donors (Lipinski definition) is 2. The highest BCUT2D eigenvalue weighted by atomic mass is 16.5. The summed E-state index contributed by atoms with van der Waals surface area (Å²) in [5.41, 5.74) is 7.56. The van der Waals surface area contributed by atoms with Gasteiger partial charge >= 0.3 is 0 Å². The number of amides is 1. The van der Waals surface area contributed by atoms with Gasteiger partial charge < -0.3 is 15.8 Å². The molecule has 0 aliphatic heterocycles. The Labute approximate surface area is 127 Å². The molecule has 1 unspecified atom stereocenters. The average molecular weight is 290 g/mol. The van der Waals surface area contributed by atoms with Gasteiger partial charge in [0.1, 0.15) is 5.75 Å². The number of carbonyl (C=O) groups is 1. The van der Waals surface area contributed by atoms with E-state index in [1.807, 2.05) is 25.1 Å². The number of rotatable bonds is 5. The molecule has 0 saturated heterocycles. The van der Waals surface area contributed by atoms with Crippen LogP contribution in [0.5, 0.6) is 5.75 Å². The quantitative estimate of drug-likeness (QED) is 0.874. The molecule has 1 aliphatic rings. The molecule has 1 amide bonds. The molecular weight excluding hydrogens is 264 g/mol. The van der Waals surface area contributed by atoms with Crippen molar-refractivity contribution in [2.45, 2.75) is 46.6 Å². The van der Waals surface area contributed by atoms with Crippen LogP contribution in [-0.4, -0.2) is 12.5 Å². The fraction of sp³-hybridized carbons (Fsp3) is 0.588. The normalized spacial score (nSPS) is 20.3. The van der Waals surface area contributed by atoms with E-state index in [0.29, 0.717) is 13.2 Å². The molecule has 0 spiro atoms. The molecule has 4 nitrogen and oxygen atoms in total. The average Bonchev–Trinajstić information content (AvgIpc) is 2.80. The van der Waals surface area contributed by atoms with Crippen molar-refractivity contribution in [2.75, 3.05) is 11.9 Å². The van der Waals surface area contributed by atoms with Crippen molar-refractivity contribution in [2.24, 2.45) is 17.1 Å². The maximum absolute atomic E-state index is 12.5. The van der Waals surface area contributed by atoms with E-state index in [4.69, 9.17) is 10.5 Å². The molecule has 1 aliphatic carbocycles. The minimum atomic E-state index is 0.0883. The van der Waals surface area contributed by atoms with Crippen LogP contribution >= 0.6 is 0 Å². The zero-order chi connectivity index (χ0) is 15.5. The Kier molecular flexibility index (Phi) is 4.88. The zero-order valence-electron chi connectivity index (χ0n) is 13.2. The summed E-state index contributed by atoms with van der Waals surface area (Å²) in [6.07, 6.45) is 3.21. The molecule has 116 valence electrons. The third kappa shape index (κ3) is 3.56. The van der Waals surface area contributed by atoms with Crippen LogP contribution in [0.3, 0.4) is 0 Å². The summed E-state index contributed by atoms with van der Waals surface area (Å²) in [4.78, 5) is 12.5. The second kappa shape index (κ2) is 6.48. The minimum Gasteiger partial charge on any atom is -0.494 e. The molecule has 1 aromatic carbocycles. The Morgan fingerprint density at radius 1 is 1.48 bits per heavy atom. The monoisotopic (exact) mass is 290 g/mol. The van der Waals surface area contributed by atoms with Crippen molar-refractivity contribution in [3.8, 4) is 5.75 Å². The third-order valence-electron chi connectivity index (χ3n) is 4.42. The van der Waals surface area contributed by atoms with Crippen molar-refractivity contribution < 1.29 is 9.53 Å². The maximum atomic E-state index is 12.5. The second-order valence-corrected chi connectivity index (χ2v) is 6.38. The number of hydrogen-bond acceptors (Lipinski definition) is 3. The van der Waals surface area contributed by atoms with Gasteiger partial charge in [0.25, 0.3) is 0 Å². The van der Waals surface area contributed by atoms with Gasteiger partial charge in [-0.3, -0.25) is 4.79 Å². The maximum Gasteiger partial charge on any atom is 0.228 e. The molecule has 0 bridgehead atoms. The van der Waals surface area contributed by atoms with Gasteiger partial charge in [0, 0.05) is 23.7 Å². The second-order valence-electron chi connectivity index (χ2n) is 6.38. The standard InChI is InChI=1S/C17H26N2O2/c1-4-21-15-8-7-13(10-12(15)11-18)19-16(20)14-6-5-9-17(14,2)3/h7-8,10,14H,4-6,9,11,18H2,1-3H3,(H,19,20). The molecule has 1 saturated carbocycles. The van der Waals surface area contributed by atoms with Crippen LogP contribution in [0, 0.1) is 11.3 Å². The smallest absolute Gasteiger partial charge is 0.228 e. The van der Waals surface area contributed by atoms with Gasteiger partial charge in [-0.2, -0.15) is 0 Å². The van der Waals surface area contributed by atoms with Crippen LogP contribution in [0.15, 0.2) is 18.2 Å². The Balaban J connectivity index is 2.11. The van der Waals surface area contributed by atoms with Crippen molar-refractivity contribution >= 4 is 11.6 Å². The fourth-order valence-electron chi connectivity index (χ4n) is 3.16. The molecule has 0 heterocycles. The van der Waals surface area contributed by atoms with Gasteiger partial charge in [-0.15, -0.1) is 0 Å². The summed E-state index contributed by atoms with van der Waals surface area (Å²) in [6.45, 7) is 7.29. The Hall–Kier alpha value is -1.55. The summed E-state index contributed by atoms with van der Waals surface area (Å²) in [5, 5.41) is 3.03. The van der Waals surface area contributed by atoms with Crippen LogP contribution in [-0.2, 0) is 11.3 Å². The Morgan fingerprint density at radius 3 is 2.81 bits per heavy atom. The van der Waals surface area contributed by atoms with E-state index in [1.54, 1.807) is 0 Å². The van der Waals surface area contributed by atoms with Gasteiger partial charge in [-0.05, 0) is 43.4 Å². The summed E-state index contributed by atoms with van der Waals surface area (Å²) in [6, 6.07) is 5.66. The predicted octanol–water partition coefficient (Wildman–Crippen LogP) is 3.31. The number of nitrogens with one attached hydrogen (secondary N) is 1. The Bertz CT molecular complexity index is 512. The van der Waals surface area contributed by atoms with Gasteiger partial charge in [0.05, 0.1) is 6.61 Å². The number of nitrogens with two attached hydrogens (primary N) is 1. The summed E-state index contributed by atoms with van der Waals surface area (Å²) < 4.78 is 5.53. The lowest BCUT2D eigenvalue weighted by Crippen LogP contribution is -2.30. The number of ether oxygens (including phenoxy) is 1. The van der Waals surface area contributed by atoms with Crippen molar-refractivity contribution in [3.05, 3.63) is 23.8 Å². The lowest BCUT2D eigenvalue weighted by atomic mass is 9.81. The predicted molar refractivity (Wildman–Crippen MR) is 85.3 cm³/mol. The molecule has 0 radical (unpaired) electrons. The van der Waals surface area contributed by atoms with Crippen LogP contribution < -0.4 is 15.8 Å². The first kappa shape index (κ1) is 15.8. The summed E-state index contributed by atoms with van der Waals surface area (Å²) >= 11 is 0. The zero-order valence-corrected chi connectivity index (χ0v) is 13.2. The first-order valence-corrected chi connectivity index (χ1v) is 7.74. The summed E-state index contributed by atoms with van der Waals surface area (Å²) in [7, 11) is 0. The van der Waals surface area contributed by atoms with Crippen molar-refractivity contribution in [3.63, 3.8) is 0 Å². The van der Waals surface area contributed by atoms with E-state index < -0.39 is 0 Å². The first-order valence-electron chi connectivity index (χ1n) is 7.74.